The number of benzene rings is 2. The van der Waals surface area contributed by atoms with E-state index < -0.39 is 0 Å². The molecule has 0 spiro atoms. The number of aromatic amines is 2. The van der Waals surface area contributed by atoms with Gasteiger partial charge in [0.2, 0.25) is 0 Å². The first kappa shape index (κ1) is 25.2. The smallest absolute Gasteiger partial charge is 0.116 e. The van der Waals surface area contributed by atoms with E-state index in [2.05, 4.69) is 105 Å². The van der Waals surface area contributed by atoms with E-state index >= 15 is 0 Å². The lowest BCUT2D eigenvalue weighted by Crippen LogP contribution is -2.15. The van der Waals surface area contributed by atoms with Gasteiger partial charge >= 0.3 is 0 Å². The molecule has 0 fully saturated rings. The Bertz CT molecular complexity index is 1840. The Balaban J connectivity index is 1.31. The standard InChI is InChI=1S/C34H30N6/c1-3-23(21-36-22-24-8-6-5-7-9-24)18-25(4-2)27-10-11-31-28(19-27)34(40-39-31)32-20-29-30(38-32)14-17-37-33(29)26-12-15-35-16-13-26/h3-20,36,38H,1,21-22H2,2H3,(H,39,40)/b23-18+,25-4+. The summed E-state index contributed by atoms with van der Waals surface area (Å²) in [6, 6.07) is 24.9. The first-order valence-corrected chi connectivity index (χ1v) is 13.3. The van der Waals surface area contributed by atoms with Gasteiger partial charge in [-0.2, -0.15) is 5.10 Å². The van der Waals surface area contributed by atoms with Crippen molar-refractivity contribution in [2.45, 2.75) is 13.5 Å². The Hall–Kier alpha value is -5.07. The fraction of sp³-hybridized carbons (Fsp3) is 0.0882. The van der Waals surface area contributed by atoms with E-state index in [0.29, 0.717) is 0 Å². The van der Waals surface area contributed by atoms with Crippen molar-refractivity contribution < 1.29 is 0 Å². The Labute approximate surface area is 233 Å². The molecule has 0 aliphatic rings. The van der Waals surface area contributed by atoms with Crippen LogP contribution in [0.5, 0.6) is 0 Å². The topological polar surface area (TPSA) is 82.3 Å². The second-order valence-corrected chi connectivity index (χ2v) is 9.63. The normalized spacial score (nSPS) is 12.3. The van der Waals surface area contributed by atoms with Crippen LogP contribution in [0.4, 0.5) is 0 Å². The van der Waals surface area contributed by atoms with Crippen LogP contribution in [-0.4, -0.2) is 31.7 Å². The van der Waals surface area contributed by atoms with E-state index in [4.69, 9.17) is 0 Å². The molecule has 3 N–H and O–H groups in total. The summed E-state index contributed by atoms with van der Waals surface area (Å²) in [5, 5.41) is 13.5. The molecular weight excluding hydrogens is 492 g/mol. The Morgan fingerprint density at radius 3 is 2.52 bits per heavy atom. The molecule has 6 rings (SSSR count). The van der Waals surface area contributed by atoms with Crippen LogP contribution in [0.15, 0.2) is 122 Å². The molecular formula is C34H30N6. The lowest BCUT2D eigenvalue weighted by atomic mass is 10.00. The first-order chi connectivity index (χ1) is 19.7. The number of aromatic nitrogens is 5. The van der Waals surface area contributed by atoms with E-state index in [-0.39, 0.29) is 0 Å². The van der Waals surface area contributed by atoms with Crippen LogP contribution in [-0.2, 0) is 6.54 Å². The molecule has 0 amide bonds. The number of fused-ring (bicyclic) bond motifs is 2. The highest BCUT2D eigenvalue weighted by Gasteiger charge is 2.15. The molecule has 6 aromatic rings. The number of allylic oxidation sites excluding steroid dienone is 3. The van der Waals surface area contributed by atoms with Crippen LogP contribution < -0.4 is 5.32 Å². The number of H-pyrrole nitrogens is 2. The maximum atomic E-state index is 4.69. The Morgan fingerprint density at radius 1 is 0.900 bits per heavy atom. The van der Waals surface area contributed by atoms with E-state index in [1.54, 1.807) is 12.4 Å². The lowest BCUT2D eigenvalue weighted by Gasteiger charge is -2.09. The van der Waals surface area contributed by atoms with E-state index in [1.165, 1.54) is 5.56 Å². The molecule has 0 saturated carbocycles. The van der Waals surface area contributed by atoms with Gasteiger partial charge in [-0.05, 0) is 65.6 Å². The van der Waals surface area contributed by atoms with Crippen LogP contribution >= 0.6 is 0 Å². The molecule has 0 atom stereocenters. The largest absolute Gasteiger partial charge is 0.353 e. The predicted molar refractivity (Wildman–Crippen MR) is 164 cm³/mol. The predicted octanol–water partition coefficient (Wildman–Crippen LogP) is 7.47. The molecule has 6 nitrogen and oxygen atoms in total. The quantitative estimate of drug-likeness (QED) is 0.172. The molecule has 0 aliphatic heterocycles. The average molecular weight is 523 g/mol. The maximum Gasteiger partial charge on any atom is 0.116 e. The molecule has 4 aromatic heterocycles. The first-order valence-electron chi connectivity index (χ1n) is 13.3. The zero-order valence-electron chi connectivity index (χ0n) is 22.4. The molecule has 6 heteroatoms. The van der Waals surface area contributed by atoms with Crippen molar-refractivity contribution in [2.24, 2.45) is 0 Å². The molecule has 40 heavy (non-hydrogen) atoms. The van der Waals surface area contributed by atoms with Crippen molar-refractivity contribution in [3.05, 3.63) is 133 Å². The van der Waals surface area contributed by atoms with Gasteiger partial charge in [0, 0.05) is 53.5 Å². The van der Waals surface area contributed by atoms with Gasteiger partial charge in [-0.15, -0.1) is 0 Å². The lowest BCUT2D eigenvalue weighted by molar-refractivity contribution is 0.747. The molecule has 2 aromatic carbocycles. The summed E-state index contributed by atoms with van der Waals surface area (Å²) in [5.41, 5.74) is 10.4. The van der Waals surface area contributed by atoms with Crippen molar-refractivity contribution >= 4 is 27.4 Å². The SMILES string of the molecule is C=C/C(=C\C(=C/C)c1ccc2[nH]nc(-c3cc4c(-c5ccncc5)nccc4[nH]3)c2c1)CNCc1ccccc1. The summed E-state index contributed by atoms with van der Waals surface area (Å²) < 4.78 is 0. The zero-order valence-corrected chi connectivity index (χ0v) is 22.4. The van der Waals surface area contributed by atoms with Gasteiger partial charge in [-0.3, -0.25) is 15.1 Å². The summed E-state index contributed by atoms with van der Waals surface area (Å²) >= 11 is 0. The van der Waals surface area contributed by atoms with Crippen molar-refractivity contribution in [3.63, 3.8) is 0 Å². The second-order valence-electron chi connectivity index (χ2n) is 9.63. The van der Waals surface area contributed by atoms with Crippen molar-refractivity contribution in [1.29, 1.82) is 0 Å². The third-order valence-electron chi connectivity index (χ3n) is 7.07. The van der Waals surface area contributed by atoms with Crippen molar-refractivity contribution in [1.82, 2.24) is 30.5 Å². The summed E-state index contributed by atoms with van der Waals surface area (Å²) in [6.07, 6.45) is 11.7. The van der Waals surface area contributed by atoms with E-state index in [9.17, 15) is 0 Å². The fourth-order valence-corrected chi connectivity index (χ4v) is 4.98. The third kappa shape index (κ3) is 5.13. The Morgan fingerprint density at radius 2 is 1.73 bits per heavy atom. The Kier molecular flexibility index (Phi) is 7.16. The highest BCUT2D eigenvalue weighted by Crippen LogP contribution is 2.34. The minimum Gasteiger partial charge on any atom is -0.353 e. The van der Waals surface area contributed by atoms with Gasteiger partial charge in [-0.1, -0.05) is 61.2 Å². The number of nitrogens with one attached hydrogen (secondary N) is 3. The number of rotatable bonds is 9. The molecule has 0 saturated heterocycles. The molecule has 0 bridgehead atoms. The minimum absolute atomic E-state index is 0.734. The number of hydrogen-bond donors (Lipinski definition) is 3. The average Bonchev–Trinajstić information content (AvgIpc) is 3.63. The number of hydrogen-bond acceptors (Lipinski definition) is 4. The summed E-state index contributed by atoms with van der Waals surface area (Å²) in [4.78, 5) is 12.4. The highest BCUT2D eigenvalue weighted by molar-refractivity contribution is 6.00. The molecule has 0 radical (unpaired) electrons. The monoisotopic (exact) mass is 522 g/mol. The van der Waals surface area contributed by atoms with Gasteiger partial charge in [0.05, 0.1) is 16.9 Å². The van der Waals surface area contributed by atoms with Crippen LogP contribution in [0.1, 0.15) is 18.1 Å². The third-order valence-corrected chi connectivity index (χ3v) is 7.07. The van der Waals surface area contributed by atoms with Crippen LogP contribution in [0.25, 0.3) is 50.0 Å². The van der Waals surface area contributed by atoms with Crippen LogP contribution in [0.2, 0.25) is 0 Å². The van der Waals surface area contributed by atoms with Crippen LogP contribution in [0.3, 0.4) is 0 Å². The molecule has 4 heterocycles. The fourth-order valence-electron chi connectivity index (χ4n) is 4.98. The summed E-state index contributed by atoms with van der Waals surface area (Å²) in [5.74, 6) is 0. The van der Waals surface area contributed by atoms with Crippen LogP contribution in [0, 0.1) is 0 Å². The second kappa shape index (κ2) is 11.4. The number of pyridine rings is 2. The van der Waals surface area contributed by atoms with Gasteiger partial charge in [0.25, 0.3) is 0 Å². The molecule has 196 valence electrons. The molecule has 0 aliphatic carbocycles. The van der Waals surface area contributed by atoms with E-state index in [1.807, 2.05) is 36.5 Å². The highest BCUT2D eigenvalue weighted by atomic mass is 15.1. The van der Waals surface area contributed by atoms with E-state index in [0.717, 1.165) is 74.3 Å². The van der Waals surface area contributed by atoms with Gasteiger partial charge < -0.3 is 10.3 Å². The van der Waals surface area contributed by atoms with Crippen molar-refractivity contribution in [2.75, 3.05) is 6.54 Å². The minimum atomic E-state index is 0.734. The van der Waals surface area contributed by atoms with Gasteiger partial charge in [-0.25, -0.2) is 0 Å². The summed E-state index contributed by atoms with van der Waals surface area (Å²) in [7, 11) is 0. The van der Waals surface area contributed by atoms with Crippen molar-refractivity contribution in [3.8, 4) is 22.6 Å². The zero-order chi connectivity index (χ0) is 27.3. The van der Waals surface area contributed by atoms with Gasteiger partial charge in [0.1, 0.15) is 5.69 Å². The van der Waals surface area contributed by atoms with Gasteiger partial charge in [0.15, 0.2) is 0 Å². The number of nitrogens with zero attached hydrogens (tertiary/aromatic N) is 3. The molecule has 0 unspecified atom stereocenters. The maximum absolute atomic E-state index is 4.69. The summed E-state index contributed by atoms with van der Waals surface area (Å²) in [6.45, 7) is 7.66.